The van der Waals surface area contributed by atoms with E-state index in [0.29, 0.717) is 34.7 Å². The van der Waals surface area contributed by atoms with Crippen LogP contribution >= 0.6 is 0 Å². The van der Waals surface area contributed by atoms with Gasteiger partial charge in [0, 0.05) is 38.7 Å². The molecule has 0 saturated carbocycles. The van der Waals surface area contributed by atoms with Crippen molar-refractivity contribution >= 4 is 28.7 Å². The zero-order valence-electron chi connectivity index (χ0n) is 16.9. The molecule has 2 aromatic heterocycles. The third-order valence-corrected chi connectivity index (χ3v) is 4.76. The van der Waals surface area contributed by atoms with Crippen molar-refractivity contribution in [2.45, 2.75) is 13.8 Å². The van der Waals surface area contributed by atoms with Crippen LogP contribution in [-0.2, 0) is 4.79 Å². The van der Waals surface area contributed by atoms with Crippen molar-refractivity contribution in [1.29, 1.82) is 0 Å². The summed E-state index contributed by atoms with van der Waals surface area (Å²) in [4.78, 5) is 27.3. The lowest BCUT2D eigenvalue weighted by atomic mass is 10.1. The Hall–Kier alpha value is -3.33. The number of nitrogens with one attached hydrogen (secondary N) is 2. The molecule has 0 aliphatic carbocycles. The molecule has 3 heterocycles. The topological polar surface area (TPSA) is 92.3 Å². The molecule has 4 rings (SSSR count). The largest absolute Gasteiger partial charge is 0.491 e. The monoisotopic (exact) mass is 410 g/mol. The number of anilines is 2. The van der Waals surface area contributed by atoms with E-state index in [0.717, 1.165) is 26.2 Å². The van der Waals surface area contributed by atoms with Gasteiger partial charge in [-0.2, -0.15) is 4.98 Å². The van der Waals surface area contributed by atoms with Crippen molar-refractivity contribution in [3.8, 4) is 17.0 Å². The van der Waals surface area contributed by atoms with E-state index in [4.69, 9.17) is 9.72 Å². The SMILES string of the molecule is CCOc1ccc(-c2ccc3nc(NC(C)=O)nc(N4CCNCC4)c3n2)cc1F. The molecule has 0 unspecified atom stereocenters. The van der Waals surface area contributed by atoms with Crippen molar-refractivity contribution in [1.82, 2.24) is 20.3 Å². The van der Waals surface area contributed by atoms with Crippen LogP contribution in [0.25, 0.3) is 22.3 Å². The highest BCUT2D eigenvalue weighted by Crippen LogP contribution is 2.29. The van der Waals surface area contributed by atoms with Crippen LogP contribution in [0.5, 0.6) is 5.75 Å². The minimum atomic E-state index is -0.434. The standard InChI is InChI=1S/C21H23FN6O2/c1-3-30-18-7-4-14(12-15(18)22)16-5-6-17-19(25-16)20(28-10-8-23-9-11-28)27-21(26-17)24-13(2)29/h4-7,12,23H,3,8-11H2,1-2H3,(H,24,26,27,29). The van der Waals surface area contributed by atoms with Crippen LogP contribution in [0.4, 0.5) is 16.2 Å². The number of benzene rings is 1. The first-order valence-corrected chi connectivity index (χ1v) is 9.90. The molecule has 0 atom stereocenters. The molecule has 1 aliphatic heterocycles. The fourth-order valence-electron chi connectivity index (χ4n) is 3.40. The van der Waals surface area contributed by atoms with Gasteiger partial charge in [0.1, 0.15) is 5.52 Å². The van der Waals surface area contributed by atoms with Crippen molar-refractivity contribution in [2.75, 3.05) is 43.0 Å². The molecule has 30 heavy (non-hydrogen) atoms. The Kier molecular flexibility index (Phi) is 5.71. The summed E-state index contributed by atoms with van der Waals surface area (Å²) < 4.78 is 19.6. The van der Waals surface area contributed by atoms with Crippen molar-refractivity contribution in [3.05, 3.63) is 36.1 Å². The van der Waals surface area contributed by atoms with E-state index in [1.54, 1.807) is 18.2 Å². The third-order valence-electron chi connectivity index (χ3n) is 4.76. The summed E-state index contributed by atoms with van der Waals surface area (Å²) >= 11 is 0. The second-order valence-corrected chi connectivity index (χ2v) is 6.93. The Morgan fingerprint density at radius 1 is 1.20 bits per heavy atom. The Morgan fingerprint density at radius 2 is 2.00 bits per heavy atom. The smallest absolute Gasteiger partial charge is 0.232 e. The number of carbonyl (C=O) groups excluding carboxylic acids is 1. The van der Waals surface area contributed by atoms with Gasteiger partial charge in [-0.3, -0.25) is 10.1 Å². The maximum Gasteiger partial charge on any atom is 0.232 e. The van der Waals surface area contributed by atoms with E-state index in [1.165, 1.54) is 13.0 Å². The Bertz CT molecular complexity index is 1080. The average molecular weight is 410 g/mol. The van der Waals surface area contributed by atoms with Crippen LogP contribution in [0.3, 0.4) is 0 Å². The normalized spacial score (nSPS) is 14.0. The molecule has 0 bridgehead atoms. The number of halogens is 1. The minimum Gasteiger partial charge on any atom is -0.491 e. The number of fused-ring (bicyclic) bond motifs is 1. The number of carbonyl (C=O) groups is 1. The minimum absolute atomic E-state index is 0.215. The van der Waals surface area contributed by atoms with E-state index >= 15 is 0 Å². The van der Waals surface area contributed by atoms with Gasteiger partial charge in [-0.05, 0) is 37.3 Å². The first-order valence-electron chi connectivity index (χ1n) is 9.90. The van der Waals surface area contributed by atoms with Crippen LogP contribution in [0.2, 0.25) is 0 Å². The van der Waals surface area contributed by atoms with E-state index in [1.807, 2.05) is 13.0 Å². The molecule has 2 N–H and O–H groups in total. The third kappa shape index (κ3) is 4.16. The highest BCUT2D eigenvalue weighted by atomic mass is 19.1. The number of rotatable bonds is 5. The molecular weight excluding hydrogens is 387 g/mol. The summed E-state index contributed by atoms with van der Waals surface area (Å²) in [5.41, 5.74) is 2.46. The van der Waals surface area contributed by atoms with Gasteiger partial charge < -0.3 is 15.0 Å². The molecule has 156 valence electrons. The molecule has 8 nitrogen and oxygen atoms in total. The molecule has 9 heteroatoms. The van der Waals surface area contributed by atoms with E-state index in [-0.39, 0.29) is 17.6 Å². The predicted molar refractivity (Wildman–Crippen MR) is 113 cm³/mol. The Morgan fingerprint density at radius 3 is 2.70 bits per heavy atom. The van der Waals surface area contributed by atoms with Crippen LogP contribution < -0.4 is 20.3 Å². The van der Waals surface area contributed by atoms with Gasteiger partial charge >= 0.3 is 0 Å². The molecule has 0 radical (unpaired) electrons. The maximum absolute atomic E-state index is 14.3. The van der Waals surface area contributed by atoms with Crippen LogP contribution in [0.15, 0.2) is 30.3 Å². The van der Waals surface area contributed by atoms with Crippen LogP contribution in [0.1, 0.15) is 13.8 Å². The highest BCUT2D eigenvalue weighted by molar-refractivity contribution is 5.92. The first-order chi connectivity index (χ1) is 14.5. The van der Waals surface area contributed by atoms with Crippen LogP contribution in [-0.4, -0.2) is 53.6 Å². The van der Waals surface area contributed by atoms with Crippen molar-refractivity contribution in [2.24, 2.45) is 0 Å². The number of pyridine rings is 1. The first kappa shape index (κ1) is 20.0. The van der Waals surface area contributed by atoms with Crippen molar-refractivity contribution in [3.63, 3.8) is 0 Å². The van der Waals surface area contributed by atoms with Gasteiger partial charge in [0.15, 0.2) is 17.4 Å². The van der Waals surface area contributed by atoms with Gasteiger partial charge in [-0.15, -0.1) is 0 Å². The number of amides is 1. The maximum atomic E-state index is 14.3. The fraction of sp³-hybridized carbons (Fsp3) is 0.333. The van der Waals surface area contributed by atoms with E-state index in [9.17, 15) is 9.18 Å². The summed E-state index contributed by atoms with van der Waals surface area (Å²) in [6.45, 7) is 6.79. The van der Waals surface area contributed by atoms with Gasteiger partial charge in [0.25, 0.3) is 0 Å². The predicted octanol–water partition coefficient (Wildman–Crippen LogP) is 2.60. The fourth-order valence-corrected chi connectivity index (χ4v) is 3.40. The molecule has 1 fully saturated rings. The zero-order valence-corrected chi connectivity index (χ0v) is 16.9. The zero-order chi connectivity index (χ0) is 21.1. The molecular formula is C21H23FN6O2. The molecule has 0 spiro atoms. The number of ether oxygens (including phenoxy) is 1. The summed E-state index contributed by atoms with van der Waals surface area (Å²) in [7, 11) is 0. The summed E-state index contributed by atoms with van der Waals surface area (Å²) in [6, 6.07) is 8.39. The second kappa shape index (κ2) is 8.58. The van der Waals surface area contributed by atoms with Gasteiger partial charge in [-0.25, -0.2) is 14.4 Å². The Labute approximate surface area is 173 Å². The highest BCUT2D eigenvalue weighted by Gasteiger charge is 2.19. The quantitative estimate of drug-likeness (QED) is 0.668. The lowest BCUT2D eigenvalue weighted by Crippen LogP contribution is -2.44. The second-order valence-electron chi connectivity index (χ2n) is 6.93. The molecule has 1 saturated heterocycles. The lowest BCUT2D eigenvalue weighted by molar-refractivity contribution is -0.114. The summed E-state index contributed by atoms with van der Waals surface area (Å²) in [6.07, 6.45) is 0. The average Bonchev–Trinajstić information content (AvgIpc) is 2.74. The van der Waals surface area contributed by atoms with Crippen LogP contribution in [0, 0.1) is 5.82 Å². The van der Waals surface area contributed by atoms with Gasteiger partial charge in [-0.1, -0.05) is 0 Å². The lowest BCUT2D eigenvalue weighted by Gasteiger charge is -2.29. The molecule has 1 aromatic carbocycles. The van der Waals surface area contributed by atoms with Crippen molar-refractivity contribution < 1.29 is 13.9 Å². The molecule has 1 aliphatic rings. The Balaban J connectivity index is 1.80. The van der Waals surface area contributed by atoms with Gasteiger partial charge in [0.2, 0.25) is 11.9 Å². The number of aromatic nitrogens is 3. The molecule has 1 amide bonds. The number of piperazine rings is 1. The van der Waals surface area contributed by atoms with E-state index in [2.05, 4.69) is 25.5 Å². The number of hydrogen-bond donors (Lipinski definition) is 2. The van der Waals surface area contributed by atoms with E-state index < -0.39 is 5.82 Å². The summed E-state index contributed by atoms with van der Waals surface area (Å²) in [5, 5.41) is 5.96. The summed E-state index contributed by atoms with van der Waals surface area (Å²) in [5.74, 6) is 0.432. The van der Waals surface area contributed by atoms with Gasteiger partial charge in [0.05, 0.1) is 17.8 Å². The molecule has 3 aromatic rings. The number of nitrogens with zero attached hydrogens (tertiary/aromatic N) is 4. The number of hydrogen-bond acceptors (Lipinski definition) is 7.